The Labute approximate surface area is 519 Å². The lowest BCUT2D eigenvalue weighted by molar-refractivity contribution is -0.149. The number of unbranched alkanes of at least 4 members (excludes halogenated alkanes) is 4. The number of aliphatic imine (C=N–C) groups is 1. The van der Waals surface area contributed by atoms with Crippen LogP contribution in [0.1, 0.15) is 196 Å². The first-order valence-corrected chi connectivity index (χ1v) is 32.8. The van der Waals surface area contributed by atoms with Crippen LogP contribution in [0.2, 0.25) is 0 Å². The molecule has 3 aliphatic rings. The predicted molar refractivity (Wildman–Crippen MR) is 340 cm³/mol. The highest BCUT2D eigenvalue weighted by atomic mass is 16.2. The van der Waals surface area contributed by atoms with Crippen molar-refractivity contribution in [2.24, 2.45) is 51.8 Å². The molecule has 22 nitrogen and oxygen atoms in total. The van der Waals surface area contributed by atoms with Crippen LogP contribution in [0, 0.1) is 29.6 Å². The lowest BCUT2D eigenvalue weighted by atomic mass is 9.95. The van der Waals surface area contributed by atoms with Gasteiger partial charge >= 0.3 is 0 Å². The molecular weight excluding hydrogens is 1110 g/mol. The molecule has 0 radical (unpaired) electrons. The first-order valence-electron chi connectivity index (χ1n) is 32.8. The maximum absolute atomic E-state index is 15.0. The SMILES string of the molecule is CCCCCCCC(=O)N1CCC[C@H](C(=O)N[C@@H](Cc2ccccc2)C(=O)N[C@@H](CC(C)C)C(=O)N[C@@H](CC(C)C)C(=O)N2C[C@@H](N)C[C@H]2C(=O)N(C)[C@@H](CC(C)C)C(=O)N[C@H](C(=O)N[C@@H](CCCN=C(N)N)C(=O)NC2CCCCCC2)C(C)C)C1. The van der Waals surface area contributed by atoms with Crippen molar-refractivity contribution in [2.45, 2.75) is 252 Å². The fourth-order valence-electron chi connectivity index (χ4n) is 12.1. The number of rotatable bonds is 34. The molecule has 2 aliphatic heterocycles. The molecule has 0 bridgehead atoms. The summed E-state index contributed by atoms with van der Waals surface area (Å²) in [6.45, 7) is 18.2. The minimum atomic E-state index is -1.15. The third-order valence-electron chi connectivity index (χ3n) is 17.0. The van der Waals surface area contributed by atoms with Gasteiger partial charge in [-0.2, -0.15) is 0 Å². The highest BCUT2D eigenvalue weighted by Crippen LogP contribution is 2.26. The van der Waals surface area contributed by atoms with Crippen molar-refractivity contribution < 1.29 is 43.2 Å². The molecule has 9 amide bonds. The number of likely N-dealkylation sites (tertiary alicyclic amines) is 2. The maximum atomic E-state index is 15.0. The molecule has 1 saturated carbocycles. The van der Waals surface area contributed by atoms with Gasteiger partial charge in [-0.25, -0.2) is 0 Å². The van der Waals surface area contributed by atoms with E-state index in [1.54, 1.807) is 18.7 Å². The van der Waals surface area contributed by atoms with Gasteiger partial charge in [0.2, 0.25) is 53.2 Å². The third kappa shape index (κ3) is 25.0. The van der Waals surface area contributed by atoms with Gasteiger partial charge in [0.25, 0.3) is 0 Å². The van der Waals surface area contributed by atoms with Crippen molar-refractivity contribution in [2.75, 3.05) is 33.2 Å². The summed E-state index contributed by atoms with van der Waals surface area (Å²) in [7, 11) is 1.50. The van der Waals surface area contributed by atoms with Gasteiger partial charge in [0.1, 0.15) is 42.3 Å². The van der Waals surface area contributed by atoms with Gasteiger partial charge < -0.3 is 63.8 Å². The van der Waals surface area contributed by atoms with Gasteiger partial charge in [-0.05, 0) is 99.9 Å². The molecule has 3 fully saturated rings. The molecule has 12 N–H and O–H groups in total. The van der Waals surface area contributed by atoms with Crippen LogP contribution in [0.4, 0.5) is 0 Å². The normalized spacial score (nSPS) is 19.5. The summed E-state index contributed by atoms with van der Waals surface area (Å²) in [5.74, 6) is -5.44. The van der Waals surface area contributed by atoms with Crippen molar-refractivity contribution in [3.05, 3.63) is 35.9 Å². The molecule has 9 atom stereocenters. The standard InChI is InChI=1S/C65H111N13O9/c1-11-12-13-14-22-31-55(79)77-33-24-27-46(39-77)57(80)72-51(37-45-25-18-17-19-26-45)60(83)73-50(34-41(2)3)59(82)74-52(35-42(4)5)63(86)78-40-47(66)38-54(78)64(87)76(10)53(36-43(6)7)61(84)75-56(44(8)9)62(85)71-49(30-23-32-69-65(67)68)58(81)70-48-28-20-15-16-21-29-48/h17-19,25-26,41-44,46-54,56H,11-16,20-24,27-40,66H2,1-10H3,(H,70,81)(H,71,85)(H,72,80)(H,73,83)(H,74,82)(H,75,84)(H4,67,68,69)/t46-,47-,49-,50-,51-,52-,53-,54-,56-/m0/s1. The predicted octanol–water partition coefficient (Wildman–Crippen LogP) is 4.69. The minimum absolute atomic E-state index is 0.00931. The molecule has 1 aromatic carbocycles. The molecule has 2 saturated heterocycles. The molecule has 1 aromatic rings. The zero-order valence-electron chi connectivity index (χ0n) is 54.3. The zero-order chi connectivity index (χ0) is 64.3. The number of hydrogen-bond donors (Lipinski definition) is 9. The van der Waals surface area contributed by atoms with E-state index in [1.807, 2.05) is 71.9 Å². The molecule has 0 unspecified atom stereocenters. The summed E-state index contributed by atoms with van der Waals surface area (Å²) in [4.78, 5) is 138. The van der Waals surface area contributed by atoms with Gasteiger partial charge in [-0.15, -0.1) is 0 Å². The van der Waals surface area contributed by atoms with E-state index in [0.717, 1.165) is 76.2 Å². The second-order valence-electron chi connectivity index (χ2n) is 26.5. The van der Waals surface area contributed by atoms with E-state index < -0.39 is 95.6 Å². The van der Waals surface area contributed by atoms with Crippen LogP contribution in [-0.2, 0) is 49.6 Å². The van der Waals surface area contributed by atoms with Crippen molar-refractivity contribution >= 4 is 59.1 Å². The first kappa shape index (κ1) is 73.2. The molecule has 490 valence electrons. The summed E-state index contributed by atoms with van der Waals surface area (Å²) in [5.41, 5.74) is 18.5. The van der Waals surface area contributed by atoms with E-state index in [0.29, 0.717) is 32.2 Å². The number of piperidine rings is 1. The van der Waals surface area contributed by atoms with Crippen LogP contribution in [0.25, 0.3) is 0 Å². The Hall–Kier alpha value is -6.32. The molecule has 0 aromatic heterocycles. The number of guanidine groups is 1. The molecule has 0 spiro atoms. The summed E-state index contributed by atoms with van der Waals surface area (Å²) in [6, 6.07) is 1.03. The van der Waals surface area contributed by atoms with Crippen molar-refractivity contribution in [1.82, 2.24) is 46.6 Å². The minimum Gasteiger partial charge on any atom is -0.370 e. The van der Waals surface area contributed by atoms with Crippen molar-refractivity contribution in [3.63, 3.8) is 0 Å². The quantitative estimate of drug-likeness (QED) is 0.0196. The Morgan fingerprint density at radius 3 is 1.87 bits per heavy atom. The van der Waals surface area contributed by atoms with Crippen LogP contribution in [0.3, 0.4) is 0 Å². The Morgan fingerprint density at radius 1 is 0.644 bits per heavy atom. The first-order chi connectivity index (χ1) is 41.3. The average Bonchev–Trinajstić information content (AvgIpc) is 1.92. The monoisotopic (exact) mass is 1220 g/mol. The molecular formula is C65H111N13O9. The number of carbonyl (C=O) groups excluding carboxylic acids is 9. The van der Waals surface area contributed by atoms with Crippen LogP contribution < -0.4 is 49.1 Å². The molecule has 22 heteroatoms. The molecule has 4 rings (SSSR count). The zero-order valence-corrected chi connectivity index (χ0v) is 54.3. The van der Waals surface area contributed by atoms with Gasteiger partial charge in [0, 0.05) is 58.2 Å². The summed E-state index contributed by atoms with van der Waals surface area (Å²) < 4.78 is 0. The number of hydrogen-bond acceptors (Lipinski definition) is 11. The van der Waals surface area contributed by atoms with E-state index in [2.05, 4.69) is 43.8 Å². The number of carbonyl (C=O) groups is 9. The lowest BCUT2D eigenvalue weighted by Crippen LogP contribution is -2.61. The Morgan fingerprint density at radius 2 is 1.25 bits per heavy atom. The van der Waals surface area contributed by atoms with Gasteiger partial charge in [0.15, 0.2) is 5.96 Å². The Bertz CT molecular complexity index is 2390. The number of nitrogens with one attached hydrogen (secondary N) is 6. The van der Waals surface area contributed by atoms with Crippen LogP contribution in [-0.4, -0.2) is 161 Å². The number of benzene rings is 1. The highest BCUT2D eigenvalue weighted by molar-refractivity contribution is 5.98. The number of amides is 9. The maximum Gasteiger partial charge on any atom is 0.245 e. The average molecular weight is 1220 g/mol. The fraction of sp³-hybridized carbons (Fsp3) is 0.754. The van der Waals surface area contributed by atoms with Gasteiger partial charge in [-0.3, -0.25) is 48.1 Å². The molecule has 87 heavy (non-hydrogen) atoms. The van der Waals surface area contributed by atoms with E-state index in [9.17, 15) is 38.4 Å². The third-order valence-corrected chi connectivity index (χ3v) is 17.0. The smallest absolute Gasteiger partial charge is 0.245 e. The van der Waals surface area contributed by atoms with Crippen LogP contribution in [0.5, 0.6) is 0 Å². The Balaban J connectivity index is 1.53. The van der Waals surface area contributed by atoms with E-state index in [4.69, 9.17) is 17.2 Å². The highest BCUT2D eigenvalue weighted by Gasteiger charge is 2.45. The van der Waals surface area contributed by atoms with E-state index in [1.165, 1.54) is 16.8 Å². The number of nitrogens with two attached hydrogens (primary N) is 3. The van der Waals surface area contributed by atoms with Gasteiger partial charge in [-0.1, -0.05) is 144 Å². The van der Waals surface area contributed by atoms with Crippen LogP contribution >= 0.6 is 0 Å². The number of likely N-dealkylation sites (N-methyl/N-ethyl adjacent to an activating group) is 1. The lowest BCUT2D eigenvalue weighted by Gasteiger charge is -2.36. The molecule has 2 heterocycles. The fourth-order valence-corrected chi connectivity index (χ4v) is 12.1. The van der Waals surface area contributed by atoms with Crippen LogP contribution in [0.15, 0.2) is 35.3 Å². The largest absolute Gasteiger partial charge is 0.370 e. The molecule has 1 aliphatic carbocycles. The number of nitrogens with zero attached hydrogens (tertiary/aromatic N) is 4. The Kier molecular flexibility index (Phi) is 31.5. The second kappa shape index (κ2) is 37.5. The van der Waals surface area contributed by atoms with E-state index >= 15 is 4.79 Å². The second-order valence-corrected chi connectivity index (χ2v) is 26.5. The van der Waals surface area contributed by atoms with E-state index in [-0.39, 0.29) is 106 Å². The summed E-state index contributed by atoms with van der Waals surface area (Å²) in [6.07, 6.45) is 14.1. The van der Waals surface area contributed by atoms with Crippen molar-refractivity contribution in [1.29, 1.82) is 0 Å². The summed E-state index contributed by atoms with van der Waals surface area (Å²) >= 11 is 0. The summed E-state index contributed by atoms with van der Waals surface area (Å²) in [5, 5.41) is 17.9. The van der Waals surface area contributed by atoms with Crippen molar-refractivity contribution in [3.8, 4) is 0 Å². The van der Waals surface area contributed by atoms with Gasteiger partial charge in [0.05, 0.1) is 5.92 Å². The topological polar surface area (TPSA) is 326 Å².